The SMILES string of the molecule is CC1(C)COC12C(Cl)(Cl)C21CCCCC1. The summed E-state index contributed by atoms with van der Waals surface area (Å²) in [6.07, 6.45) is 6.11. The van der Waals surface area contributed by atoms with Crippen molar-refractivity contribution >= 4 is 23.2 Å². The van der Waals surface area contributed by atoms with Crippen LogP contribution in [0.3, 0.4) is 0 Å². The topological polar surface area (TPSA) is 9.23 Å². The summed E-state index contributed by atoms with van der Waals surface area (Å²) in [5.41, 5.74) is -0.0342. The van der Waals surface area contributed by atoms with Gasteiger partial charge in [0.25, 0.3) is 0 Å². The quantitative estimate of drug-likeness (QED) is 0.591. The Hall–Kier alpha value is 0.540. The minimum atomic E-state index is -0.637. The summed E-state index contributed by atoms with van der Waals surface area (Å²) in [4.78, 5) is 0. The van der Waals surface area contributed by atoms with Crippen molar-refractivity contribution in [3.05, 3.63) is 0 Å². The van der Waals surface area contributed by atoms with Gasteiger partial charge in [-0.2, -0.15) is 0 Å². The van der Waals surface area contributed by atoms with Crippen molar-refractivity contribution in [2.24, 2.45) is 10.8 Å². The second-order valence-corrected chi connectivity index (χ2v) is 7.40. The predicted octanol–water partition coefficient (Wildman–Crippen LogP) is 3.92. The molecular weight excluding hydrogens is 231 g/mol. The van der Waals surface area contributed by atoms with Crippen LogP contribution in [0, 0.1) is 10.8 Å². The van der Waals surface area contributed by atoms with Crippen LogP contribution in [0.2, 0.25) is 0 Å². The summed E-state index contributed by atoms with van der Waals surface area (Å²) >= 11 is 13.1. The zero-order valence-electron chi connectivity index (χ0n) is 9.41. The molecule has 1 atom stereocenters. The molecule has 0 N–H and O–H groups in total. The first kappa shape index (κ1) is 10.7. The van der Waals surface area contributed by atoms with Gasteiger partial charge in [0.2, 0.25) is 0 Å². The van der Waals surface area contributed by atoms with Crippen LogP contribution in [0.1, 0.15) is 46.0 Å². The highest BCUT2D eigenvalue weighted by molar-refractivity contribution is 6.53. The van der Waals surface area contributed by atoms with Crippen LogP contribution in [0.5, 0.6) is 0 Å². The Labute approximate surface area is 101 Å². The Morgan fingerprint density at radius 2 is 1.60 bits per heavy atom. The fourth-order valence-electron chi connectivity index (χ4n) is 4.20. The maximum Gasteiger partial charge on any atom is 0.156 e. The largest absolute Gasteiger partial charge is 0.370 e. The molecule has 1 unspecified atom stereocenters. The van der Waals surface area contributed by atoms with Crippen LogP contribution in [0.25, 0.3) is 0 Å². The van der Waals surface area contributed by atoms with E-state index in [4.69, 9.17) is 27.9 Å². The van der Waals surface area contributed by atoms with E-state index >= 15 is 0 Å². The lowest BCUT2D eigenvalue weighted by Crippen LogP contribution is -2.55. The van der Waals surface area contributed by atoms with Gasteiger partial charge in [-0.1, -0.05) is 56.3 Å². The monoisotopic (exact) mass is 248 g/mol. The summed E-state index contributed by atoms with van der Waals surface area (Å²) in [5.74, 6) is 0. The first-order valence-corrected chi connectivity index (χ1v) is 6.69. The lowest BCUT2D eigenvalue weighted by atomic mass is 9.71. The van der Waals surface area contributed by atoms with Gasteiger partial charge in [0.1, 0.15) is 5.60 Å². The van der Waals surface area contributed by atoms with E-state index < -0.39 is 4.33 Å². The van der Waals surface area contributed by atoms with E-state index in [9.17, 15) is 0 Å². The van der Waals surface area contributed by atoms with E-state index in [0.717, 1.165) is 19.4 Å². The Bertz CT molecular complexity index is 305. The predicted molar refractivity (Wildman–Crippen MR) is 62.4 cm³/mol. The number of hydrogen-bond donors (Lipinski definition) is 0. The molecule has 1 saturated heterocycles. The van der Waals surface area contributed by atoms with E-state index in [1.807, 2.05) is 0 Å². The van der Waals surface area contributed by atoms with E-state index in [1.165, 1.54) is 19.3 Å². The summed E-state index contributed by atoms with van der Waals surface area (Å²) < 4.78 is 5.25. The molecule has 86 valence electrons. The van der Waals surface area contributed by atoms with Crippen LogP contribution in [0.15, 0.2) is 0 Å². The summed E-state index contributed by atoms with van der Waals surface area (Å²) in [6, 6.07) is 0. The molecule has 3 rings (SSSR count). The summed E-state index contributed by atoms with van der Waals surface area (Å²) in [5, 5.41) is 0. The molecule has 15 heavy (non-hydrogen) atoms. The maximum absolute atomic E-state index is 6.56. The number of alkyl halides is 2. The van der Waals surface area contributed by atoms with E-state index in [1.54, 1.807) is 0 Å². The first-order valence-electron chi connectivity index (χ1n) is 5.93. The Balaban J connectivity index is 1.99. The zero-order chi connectivity index (χ0) is 10.9. The highest BCUT2D eigenvalue weighted by atomic mass is 35.5. The van der Waals surface area contributed by atoms with Gasteiger partial charge in [0.15, 0.2) is 4.33 Å². The van der Waals surface area contributed by atoms with Crippen molar-refractivity contribution in [2.45, 2.75) is 55.9 Å². The van der Waals surface area contributed by atoms with E-state index in [2.05, 4.69) is 13.8 Å². The number of rotatable bonds is 0. The molecule has 3 fully saturated rings. The maximum atomic E-state index is 6.56. The van der Waals surface area contributed by atoms with Crippen molar-refractivity contribution in [1.29, 1.82) is 0 Å². The van der Waals surface area contributed by atoms with Crippen molar-refractivity contribution in [3.63, 3.8) is 0 Å². The fraction of sp³-hybridized carbons (Fsp3) is 1.00. The number of hydrogen-bond acceptors (Lipinski definition) is 1. The van der Waals surface area contributed by atoms with Gasteiger partial charge in [0, 0.05) is 10.8 Å². The molecule has 0 aromatic heterocycles. The Morgan fingerprint density at radius 3 is 1.93 bits per heavy atom. The molecule has 3 heteroatoms. The third-order valence-corrected chi connectivity index (χ3v) is 6.22. The molecule has 0 aromatic carbocycles. The normalized spacial score (nSPS) is 44.0. The van der Waals surface area contributed by atoms with Gasteiger partial charge in [0.05, 0.1) is 6.61 Å². The van der Waals surface area contributed by atoms with E-state index in [0.29, 0.717) is 0 Å². The van der Waals surface area contributed by atoms with Crippen LogP contribution in [-0.4, -0.2) is 16.5 Å². The van der Waals surface area contributed by atoms with Gasteiger partial charge in [-0.15, -0.1) is 0 Å². The van der Waals surface area contributed by atoms with Gasteiger partial charge >= 0.3 is 0 Å². The van der Waals surface area contributed by atoms with Gasteiger partial charge in [-0.3, -0.25) is 0 Å². The van der Waals surface area contributed by atoms with Gasteiger partial charge < -0.3 is 4.74 Å². The van der Waals surface area contributed by atoms with Gasteiger partial charge in [-0.05, 0) is 12.8 Å². The van der Waals surface area contributed by atoms with Crippen LogP contribution in [0.4, 0.5) is 0 Å². The summed E-state index contributed by atoms with van der Waals surface area (Å²) in [7, 11) is 0. The number of fused-ring (bicyclic) bond motifs is 1. The van der Waals surface area contributed by atoms with Crippen LogP contribution >= 0.6 is 23.2 Å². The standard InChI is InChI=1S/C12H18Cl2O/c1-9(2)8-15-11(9)10(12(11,13)14)6-4-3-5-7-10/h3-8H2,1-2H3. The molecule has 0 radical (unpaired) electrons. The first-order chi connectivity index (χ1) is 6.91. The lowest BCUT2D eigenvalue weighted by molar-refractivity contribution is -0.215. The fourth-order valence-corrected chi connectivity index (χ4v) is 5.73. The second-order valence-electron chi connectivity index (χ2n) is 6.07. The molecule has 3 aliphatic rings. The molecule has 2 aliphatic carbocycles. The highest BCUT2D eigenvalue weighted by Gasteiger charge is 2.94. The molecule has 2 saturated carbocycles. The highest BCUT2D eigenvalue weighted by Crippen LogP contribution is 2.86. The third kappa shape index (κ3) is 0.861. The van der Waals surface area contributed by atoms with Crippen molar-refractivity contribution in [1.82, 2.24) is 0 Å². The van der Waals surface area contributed by atoms with Crippen molar-refractivity contribution in [2.75, 3.05) is 6.61 Å². The average Bonchev–Trinajstić information content (AvgIpc) is 2.60. The van der Waals surface area contributed by atoms with Crippen molar-refractivity contribution < 1.29 is 4.74 Å². The van der Waals surface area contributed by atoms with Crippen LogP contribution in [-0.2, 0) is 4.74 Å². The lowest BCUT2D eigenvalue weighted by Gasteiger charge is -2.49. The minimum absolute atomic E-state index is 0.0586. The van der Waals surface area contributed by atoms with Crippen LogP contribution < -0.4 is 0 Å². The minimum Gasteiger partial charge on any atom is -0.370 e. The molecule has 1 aliphatic heterocycles. The Morgan fingerprint density at radius 1 is 1.00 bits per heavy atom. The molecule has 2 spiro atoms. The third-order valence-electron chi connectivity index (χ3n) is 4.96. The second kappa shape index (κ2) is 2.68. The van der Waals surface area contributed by atoms with Crippen molar-refractivity contribution in [3.8, 4) is 0 Å². The van der Waals surface area contributed by atoms with E-state index in [-0.39, 0.29) is 16.4 Å². The molecule has 0 aromatic rings. The number of halogens is 2. The smallest absolute Gasteiger partial charge is 0.156 e. The molecule has 1 heterocycles. The van der Waals surface area contributed by atoms with Gasteiger partial charge in [-0.25, -0.2) is 0 Å². The average molecular weight is 249 g/mol. The Kier molecular flexibility index (Phi) is 1.91. The zero-order valence-corrected chi connectivity index (χ0v) is 10.9. The molecular formula is C12H18Cl2O. The molecule has 1 nitrogen and oxygen atoms in total. The summed E-state index contributed by atoms with van der Waals surface area (Å²) in [6.45, 7) is 5.27. The molecule has 0 amide bonds. The number of ether oxygens (including phenoxy) is 1. The molecule has 0 bridgehead atoms.